The number of hydrogen-bond acceptors (Lipinski definition) is 2. The van der Waals surface area contributed by atoms with E-state index in [1.807, 2.05) is 22.9 Å². The second-order valence-electron chi connectivity index (χ2n) is 4.76. The van der Waals surface area contributed by atoms with Crippen molar-refractivity contribution in [3.05, 3.63) is 42.2 Å². The van der Waals surface area contributed by atoms with Crippen LogP contribution in [-0.4, -0.2) is 15.0 Å². The van der Waals surface area contributed by atoms with Crippen LogP contribution in [0.5, 0.6) is 0 Å². The van der Waals surface area contributed by atoms with Crippen LogP contribution in [0.2, 0.25) is 0 Å². The van der Waals surface area contributed by atoms with Gasteiger partial charge in [-0.25, -0.2) is 4.68 Å². The van der Waals surface area contributed by atoms with E-state index in [1.54, 1.807) is 0 Å². The fourth-order valence-corrected chi connectivity index (χ4v) is 2.57. The van der Waals surface area contributed by atoms with Crippen LogP contribution in [-0.2, 0) is 0 Å². The first-order valence-electron chi connectivity index (χ1n) is 6.41. The Morgan fingerprint density at radius 2 is 1.76 bits per heavy atom. The lowest BCUT2D eigenvalue weighted by Crippen LogP contribution is -2.04. The number of hydrogen-bond donors (Lipinski definition) is 0. The molecule has 0 saturated heterocycles. The van der Waals surface area contributed by atoms with E-state index in [9.17, 15) is 0 Å². The molecule has 3 rings (SSSR count). The molecular weight excluding hydrogens is 210 g/mol. The molecule has 0 bridgehead atoms. The van der Waals surface area contributed by atoms with Gasteiger partial charge < -0.3 is 0 Å². The van der Waals surface area contributed by atoms with Gasteiger partial charge in [-0.2, -0.15) is 0 Å². The summed E-state index contributed by atoms with van der Waals surface area (Å²) in [6.07, 6.45) is 8.68. The zero-order valence-electron chi connectivity index (χ0n) is 9.92. The normalized spacial score (nSPS) is 17.2. The minimum absolute atomic E-state index is 0.626. The molecule has 1 saturated carbocycles. The third-order valence-corrected chi connectivity index (χ3v) is 3.56. The fourth-order valence-electron chi connectivity index (χ4n) is 2.57. The minimum atomic E-state index is 0.626. The lowest BCUT2D eigenvalue weighted by Gasteiger charge is -2.18. The van der Waals surface area contributed by atoms with Crippen molar-refractivity contribution in [1.82, 2.24) is 15.0 Å². The Hall–Kier alpha value is -1.64. The third-order valence-electron chi connectivity index (χ3n) is 3.56. The summed E-state index contributed by atoms with van der Waals surface area (Å²) in [6, 6.07) is 10.2. The fraction of sp³-hybridized carbons (Fsp3) is 0.429. The standard InChI is InChI=1S/C14H17N3/c1-3-7-12(8-4-1)14-11-17(16-15-14)13-9-5-2-6-10-13/h2,5-6,9-12H,1,3-4,7-8H2. The van der Waals surface area contributed by atoms with Gasteiger partial charge in [0.25, 0.3) is 0 Å². The molecule has 1 heterocycles. The largest absolute Gasteiger partial charge is 0.220 e. The predicted molar refractivity (Wildman–Crippen MR) is 67.2 cm³/mol. The molecule has 1 aromatic carbocycles. The smallest absolute Gasteiger partial charge is 0.0862 e. The zero-order chi connectivity index (χ0) is 11.5. The van der Waals surface area contributed by atoms with Crippen molar-refractivity contribution in [3.63, 3.8) is 0 Å². The zero-order valence-corrected chi connectivity index (χ0v) is 9.92. The number of rotatable bonds is 2. The molecule has 0 amide bonds. The van der Waals surface area contributed by atoms with Crippen LogP contribution >= 0.6 is 0 Å². The molecule has 0 N–H and O–H groups in total. The number of benzene rings is 1. The van der Waals surface area contributed by atoms with Crippen LogP contribution in [0.15, 0.2) is 36.5 Å². The van der Waals surface area contributed by atoms with Crippen LogP contribution in [0, 0.1) is 0 Å². The number of aromatic nitrogens is 3. The maximum Gasteiger partial charge on any atom is 0.0862 e. The Bertz CT molecular complexity index is 469. The molecule has 0 atom stereocenters. The van der Waals surface area contributed by atoms with E-state index in [0.29, 0.717) is 5.92 Å². The molecule has 1 aromatic heterocycles. The van der Waals surface area contributed by atoms with Crippen LogP contribution < -0.4 is 0 Å². The van der Waals surface area contributed by atoms with Gasteiger partial charge in [-0.15, -0.1) is 5.10 Å². The molecule has 1 fully saturated rings. The van der Waals surface area contributed by atoms with Crippen LogP contribution in [0.25, 0.3) is 5.69 Å². The molecule has 0 spiro atoms. The van der Waals surface area contributed by atoms with Crippen LogP contribution in [0.1, 0.15) is 43.7 Å². The SMILES string of the molecule is c1ccc(-n2cc(C3CCCCC3)nn2)cc1. The van der Waals surface area contributed by atoms with Gasteiger partial charge in [0.1, 0.15) is 0 Å². The summed E-state index contributed by atoms with van der Waals surface area (Å²) in [5.41, 5.74) is 2.25. The molecule has 88 valence electrons. The molecule has 3 nitrogen and oxygen atoms in total. The van der Waals surface area contributed by atoms with Crippen molar-refractivity contribution in [2.45, 2.75) is 38.0 Å². The Kier molecular flexibility index (Phi) is 2.90. The molecule has 17 heavy (non-hydrogen) atoms. The van der Waals surface area contributed by atoms with Crippen molar-refractivity contribution >= 4 is 0 Å². The highest BCUT2D eigenvalue weighted by atomic mass is 15.4. The van der Waals surface area contributed by atoms with Crippen molar-refractivity contribution in [2.75, 3.05) is 0 Å². The average molecular weight is 227 g/mol. The predicted octanol–water partition coefficient (Wildman–Crippen LogP) is 3.32. The summed E-state index contributed by atoms with van der Waals surface area (Å²) in [7, 11) is 0. The van der Waals surface area contributed by atoms with E-state index < -0.39 is 0 Å². The summed E-state index contributed by atoms with van der Waals surface area (Å²) in [6.45, 7) is 0. The van der Waals surface area contributed by atoms with Gasteiger partial charge in [0.2, 0.25) is 0 Å². The van der Waals surface area contributed by atoms with Gasteiger partial charge >= 0.3 is 0 Å². The number of para-hydroxylation sites is 1. The van der Waals surface area contributed by atoms with E-state index in [-0.39, 0.29) is 0 Å². The van der Waals surface area contributed by atoms with Crippen molar-refractivity contribution in [3.8, 4) is 5.69 Å². The Morgan fingerprint density at radius 3 is 2.53 bits per heavy atom. The summed E-state index contributed by atoms with van der Waals surface area (Å²) < 4.78 is 1.88. The molecule has 1 aliphatic rings. The van der Waals surface area contributed by atoms with Crippen molar-refractivity contribution < 1.29 is 0 Å². The lowest BCUT2D eigenvalue weighted by molar-refractivity contribution is 0.436. The van der Waals surface area contributed by atoms with Gasteiger partial charge in [0.05, 0.1) is 17.6 Å². The van der Waals surface area contributed by atoms with Gasteiger partial charge in [-0.3, -0.25) is 0 Å². The van der Waals surface area contributed by atoms with Gasteiger partial charge in [-0.05, 0) is 25.0 Å². The highest BCUT2D eigenvalue weighted by Gasteiger charge is 2.18. The average Bonchev–Trinajstić information content (AvgIpc) is 2.90. The molecule has 1 aliphatic carbocycles. The van der Waals surface area contributed by atoms with E-state index in [0.717, 1.165) is 11.4 Å². The van der Waals surface area contributed by atoms with Crippen molar-refractivity contribution in [2.24, 2.45) is 0 Å². The van der Waals surface area contributed by atoms with E-state index in [1.165, 1.54) is 32.1 Å². The maximum atomic E-state index is 4.33. The second kappa shape index (κ2) is 4.70. The molecular formula is C14H17N3. The van der Waals surface area contributed by atoms with Crippen LogP contribution in [0.3, 0.4) is 0 Å². The first-order chi connectivity index (χ1) is 8.43. The summed E-state index contributed by atoms with van der Waals surface area (Å²) in [5.74, 6) is 0.626. The quantitative estimate of drug-likeness (QED) is 0.788. The summed E-state index contributed by atoms with van der Waals surface area (Å²) in [5, 5.41) is 8.56. The topological polar surface area (TPSA) is 30.7 Å². The minimum Gasteiger partial charge on any atom is -0.220 e. The molecule has 0 aliphatic heterocycles. The summed E-state index contributed by atoms with van der Waals surface area (Å²) in [4.78, 5) is 0. The lowest BCUT2D eigenvalue weighted by atomic mass is 9.87. The first-order valence-corrected chi connectivity index (χ1v) is 6.41. The van der Waals surface area contributed by atoms with Gasteiger partial charge in [0.15, 0.2) is 0 Å². The Balaban J connectivity index is 1.83. The monoisotopic (exact) mass is 227 g/mol. The van der Waals surface area contributed by atoms with Crippen LogP contribution in [0.4, 0.5) is 0 Å². The van der Waals surface area contributed by atoms with E-state index in [2.05, 4.69) is 28.6 Å². The van der Waals surface area contributed by atoms with Gasteiger partial charge in [0, 0.05) is 5.92 Å². The molecule has 0 radical (unpaired) electrons. The second-order valence-corrected chi connectivity index (χ2v) is 4.76. The maximum absolute atomic E-state index is 4.33. The molecule has 0 unspecified atom stereocenters. The molecule has 2 aromatic rings. The van der Waals surface area contributed by atoms with E-state index >= 15 is 0 Å². The molecule has 3 heteroatoms. The van der Waals surface area contributed by atoms with Crippen molar-refractivity contribution in [1.29, 1.82) is 0 Å². The third kappa shape index (κ3) is 2.23. The Labute approximate surface area is 101 Å². The van der Waals surface area contributed by atoms with Gasteiger partial charge in [-0.1, -0.05) is 42.7 Å². The number of nitrogens with zero attached hydrogens (tertiary/aromatic N) is 3. The Morgan fingerprint density at radius 1 is 1.00 bits per heavy atom. The highest BCUT2D eigenvalue weighted by Crippen LogP contribution is 2.31. The highest BCUT2D eigenvalue weighted by molar-refractivity contribution is 5.30. The van der Waals surface area contributed by atoms with E-state index in [4.69, 9.17) is 0 Å². The first kappa shape index (κ1) is 10.5. The summed E-state index contributed by atoms with van der Waals surface area (Å²) >= 11 is 0.